The first-order valence-electron chi connectivity index (χ1n) is 6.59. The molecule has 1 aliphatic rings. The number of rotatable bonds is 6. The lowest BCUT2D eigenvalue weighted by atomic mass is 9.86. The number of carboxylic acid groups (broad SMARTS) is 1. The fourth-order valence-electron chi connectivity index (χ4n) is 2.51. The normalized spacial score (nSPS) is 27.6. The van der Waals surface area contributed by atoms with Crippen molar-refractivity contribution >= 4 is 5.97 Å². The molecule has 0 aromatic heterocycles. The second-order valence-electron chi connectivity index (χ2n) is 5.19. The molecule has 0 bridgehead atoms. The van der Waals surface area contributed by atoms with E-state index >= 15 is 0 Å². The van der Waals surface area contributed by atoms with Crippen molar-refractivity contribution in [3.05, 3.63) is 0 Å². The van der Waals surface area contributed by atoms with Gasteiger partial charge in [-0.1, -0.05) is 20.3 Å². The van der Waals surface area contributed by atoms with Crippen LogP contribution in [0.25, 0.3) is 0 Å². The van der Waals surface area contributed by atoms with E-state index in [1.54, 1.807) is 0 Å². The Hall–Kier alpha value is -0.570. The smallest absolute Gasteiger partial charge is 0.306 e. The summed E-state index contributed by atoms with van der Waals surface area (Å²) >= 11 is 0. The molecule has 1 rings (SSSR count). The van der Waals surface area contributed by atoms with Gasteiger partial charge < -0.3 is 10.4 Å². The quantitative estimate of drug-likeness (QED) is 0.733. The van der Waals surface area contributed by atoms with Crippen molar-refractivity contribution in [1.29, 1.82) is 0 Å². The van der Waals surface area contributed by atoms with Crippen LogP contribution in [0.1, 0.15) is 52.4 Å². The lowest BCUT2D eigenvalue weighted by molar-refractivity contribution is -0.142. The molecule has 2 N–H and O–H groups in total. The number of aliphatic carboxylic acids is 1. The minimum absolute atomic E-state index is 0.0916. The molecule has 0 radical (unpaired) electrons. The average Bonchev–Trinajstić information content (AvgIpc) is 2.27. The van der Waals surface area contributed by atoms with Crippen molar-refractivity contribution in [1.82, 2.24) is 5.32 Å². The Morgan fingerprint density at radius 1 is 1.38 bits per heavy atom. The molecule has 0 saturated heterocycles. The third kappa shape index (κ3) is 4.52. The summed E-state index contributed by atoms with van der Waals surface area (Å²) in [6.07, 6.45) is 6.25. The Kier molecular flexibility index (Phi) is 5.81. The number of hydrogen-bond donors (Lipinski definition) is 2. The van der Waals surface area contributed by atoms with Crippen molar-refractivity contribution in [3.63, 3.8) is 0 Å². The monoisotopic (exact) mass is 227 g/mol. The predicted octanol–water partition coefficient (Wildman–Crippen LogP) is 2.66. The van der Waals surface area contributed by atoms with Crippen LogP contribution < -0.4 is 5.32 Å². The molecule has 0 spiro atoms. The second kappa shape index (κ2) is 6.89. The van der Waals surface area contributed by atoms with Crippen LogP contribution >= 0.6 is 0 Å². The second-order valence-corrected chi connectivity index (χ2v) is 5.19. The first-order valence-corrected chi connectivity index (χ1v) is 6.59. The van der Waals surface area contributed by atoms with Gasteiger partial charge in [-0.15, -0.1) is 0 Å². The summed E-state index contributed by atoms with van der Waals surface area (Å²) in [5.41, 5.74) is 0. The lowest BCUT2D eigenvalue weighted by Gasteiger charge is -2.28. The van der Waals surface area contributed by atoms with Gasteiger partial charge in [0, 0.05) is 6.04 Å². The third-order valence-electron chi connectivity index (χ3n) is 3.61. The molecule has 16 heavy (non-hydrogen) atoms. The molecule has 1 unspecified atom stereocenters. The molecule has 94 valence electrons. The summed E-state index contributed by atoms with van der Waals surface area (Å²) in [4.78, 5) is 10.8. The van der Waals surface area contributed by atoms with Crippen molar-refractivity contribution < 1.29 is 9.90 Å². The number of hydrogen-bond acceptors (Lipinski definition) is 2. The number of nitrogens with one attached hydrogen (secondary N) is 1. The van der Waals surface area contributed by atoms with Crippen LogP contribution in [0.15, 0.2) is 0 Å². The Morgan fingerprint density at radius 2 is 2.00 bits per heavy atom. The van der Waals surface area contributed by atoms with Gasteiger partial charge in [-0.25, -0.2) is 0 Å². The number of carboxylic acids is 1. The summed E-state index contributed by atoms with van der Waals surface area (Å²) in [5.74, 6) is 0.0334. The topological polar surface area (TPSA) is 49.3 Å². The van der Waals surface area contributed by atoms with Crippen molar-refractivity contribution in [2.75, 3.05) is 6.54 Å². The largest absolute Gasteiger partial charge is 0.481 e. The van der Waals surface area contributed by atoms with Crippen LogP contribution in [0.3, 0.4) is 0 Å². The molecule has 0 amide bonds. The van der Waals surface area contributed by atoms with Gasteiger partial charge in [0.2, 0.25) is 0 Å². The molecule has 0 aromatic rings. The Labute approximate surface area is 98.6 Å². The average molecular weight is 227 g/mol. The van der Waals surface area contributed by atoms with Gasteiger partial charge in [0.25, 0.3) is 0 Å². The summed E-state index contributed by atoms with van der Waals surface area (Å²) < 4.78 is 0. The highest BCUT2D eigenvalue weighted by atomic mass is 16.4. The van der Waals surface area contributed by atoms with E-state index in [9.17, 15) is 4.79 Å². The van der Waals surface area contributed by atoms with Crippen LogP contribution in [0, 0.1) is 11.8 Å². The van der Waals surface area contributed by atoms with Crippen LogP contribution in [-0.2, 0) is 4.79 Å². The van der Waals surface area contributed by atoms with Crippen LogP contribution in [0.5, 0.6) is 0 Å². The molecule has 0 aliphatic heterocycles. The minimum atomic E-state index is -0.613. The van der Waals surface area contributed by atoms with Gasteiger partial charge in [-0.3, -0.25) is 4.79 Å². The van der Waals surface area contributed by atoms with Gasteiger partial charge in [-0.2, -0.15) is 0 Å². The van der Waals surface area contributed by atoms with Gasteiger partial charge in [0.05, 0.1) is 5.92 Å². The maximum atomic E-state index is 10.8. The van der Waals surface area contributed by atoms with Crippen LogP contribution in [0.4, 0.5) is 0 Å². The fourth-order valence-corrected chi connectivity index (χ4v) is 2.51. The van der Waals surface area contributed by atoms with Crippen molar-refractivity contribution in [3.8, 4) is 0 Å². The highest BCUT2D eigenvalue weighted by molar-refractivity contribution is 5.70. The van der Waals surface area contributed by atoms with E-state index in [2.05, 4.69) is 19.2 Å². The SMILES string of the molecule is CCCC(C)CNC1CCC(C(=O)O)CC1. The zero-order valence-electron chi connectivity index (χ0n) is 10.5. The van der Waals surface area contributed by atoms with Crippen LogP contribution in [-0.4, -0.2) is 23.7 Å². The predicted molar refractivity (Wildman–Crippen MR) is 65.5 cm³/mol. The fraction of sp³-hybridized carbons (Fsp3) is 0.923. The van der Waals surface area contributed by atoms with Crippen molar-refractivity contribution in [2.45, 2.75) is 58.4 Å². The lowest BCUT2D eigenvalue weighted by Crippen LogP contribution is -2.37. The maximum absolute atomic E-state index is 10.8. The first-order chi connectivity index (χ1) is 7.63. The molecule has 0 heterocycles. The Balaban J connectivity index is 2.14. The van der Waals surface area contributed by atoms with Gasteiger partial charge in [0.15, 0.2) is 0 Å². The zero-order valence-corrected chi connectivity index (χ0v) is 10.5. The van der Waals surface area contributed by atoms with Gasteiger partial charge >= 0.3 is 5.97 Å². The Bertz CT molecular complexity index is 210. The summed E-state index contributed by atoms with van der Waals surface area (Å²) in [6, 6.07) is 0.551. The molecule has 3 nitrogen and oxygen atoms in total. The van der Waals surface area contributed by atoms with E-state index in [0.717, 1.165) is 38.1 Å². The Morgan fingerprint density at radius 3 is 2.50 bits per heavy atom. The van der Waals surface area contributed by atoms with E-state index in [0.29, 0.717) is 6.04 Å². The molecule has 1 aliphatic carbocycles. The third-order valence-corrected chi connectivity index (χ3v) is 3.61. The molecular formula is C13H25NO2. The highest BCUT2D eigenvalue weighted by Crippen LogP contribution is 2.24. The number of carbonyl (C=O) groups is 1. The highest BCUT2D eigenvalue weighted by Gasteiger charge is 2.25. The van der Waals surface area contributed by atoms with E-state index in [1.807, 2.05) is 0 Å². The maximum Gasteiger partial charge on any atom is 0.306 e. The molecule has 1 fully saturated rings. The van der Waals surface area contributed by atoms with Gasteiger partial charge in [0.1, 0.15) is 0 Å². The van der Waals surface area contributed by atoms with E-state index in [-0.39, 0.29) is 5.92 Å². The first kappa shape index (κ1) is 13.5. The van der Waals surface area contributed by atoms with Crippen molar-refractivity contribution in [2.24, 2.45) is 11.8 Å². The zero-order chi connectivity index (χ0) is 12.0. The molecule has 1 atom stereocenters. The summed E-state index contributed by atoms with van der Waals surface area (Å²) in [7, 11) is 0. The molecular weight excluding hydrogens is 202 g/mol. The molecule has 1 saturated carbocycles. The van der Waals surface area contributed by atoms with E-state index in [4.69, 9.17) is 5.11 Å². The standard InChI is InChI=1S/C13H25NO2/c1-3-4-10(2)9-14-12-7-5-11(6-8-12)13(15)16/h10-12,14H,3-9H2,1-2H3,(H,15,16). The summed E-state index contributed by atoms with van der Waals surface area (Å²) in [5, 5.41) is 12.5. The van der Waals surface area contributed by atoms with Crippen LogP contribution in [0.2, 0.25) is 0 Å². The summed E-state index contributed by atoms with van der Waals surface area (Å²) in [6.45, 7) is 5.57. The molecule has 3 heteroatoms. The van der Waals surface area contributed by atoms with Gasteiger partial charge in [-0.05, 0) is 44.6 Å². The molecule has 0 aromatic carbocycles. The van der Waals surface area contributed by atoms with E-state index < -0.39 is 5.97 Å². The minimum Gasteiger partial charge on any atom is -0.481 e. The van der Waals surface area contributed by atoms with E-state index in [1.165, 1.54) is 12.8 Å².